The van der Waals surface area contributed by atoms with Crippen molar-refractivity contribution in [1.29, 1.82) is 0 Å². The van der Waals surface area contributed by atoms with E-state index < -0.39 is 5.97 Å². The number of nitrogens with one attached hydrogen (secondary N) is 1. The highest BCUT2D eigenvalue weighted by Crippen LogP contribution is 2.21. The van der Waals surface area contributed by atoms with Crippen LogP contribution in [0.4, 0.5) is 5.82 Å². The van der Waals surface area contributed by atoms with Crippen LogP contribution in [0.15, 0.2) is 36.5 Å². The highest BCUT2D eigenvalue weighted by molar-refractivity contribution is 6.35. The summed E-state index contributed by atoms with van der Waals surface area (Å²) in [6, 6.07) is 8.29. The molecule has 6 heteroatoms. The first-order valence-corrected chi connectivity index (χ1v) is 6.69. The number of carboxylic acid groups (broad SMARTS) is 1. The molecule has 0 bridgehead atoms. The van der Waals surface area contributed by atoms with Gasteiger partial charge in [-0.15, -0.1) is 0 Å². The first-order chi connectivity index (χ1) is 9.56. The van der Waals surface area contributed by atoms with Crippen molar-refractivity contribution in [2.75, 3.05) is 11.9 Å². The number of halogens is 2. The van der Waals surface area contributed by atoms with Crippen molar-refractivity contribution in [3.8, 4) is 0 Å². The lowest BCUT2D eigenvalue weighted by Crippen LogP contribution is -2.07. The number of pyridine rings is 1. The Hall–Kier alpha value is -1.78. The molecule has 0 aliphatic carbocycles. The quantitative estimate of drug-likeness (QED) is 0.883. The highest BCUT2D eigenvalue weighted by Gasteiger charge is 2.05. The topological polar surface area (TPSA) is 62.2 Å². The molecule has 1 aromatic heterocycles. The van der Waals surface area contributed by atoms with Crippen LogP contribution in [0.2, 0.25) is 10.0 Å². The molecule has 20 heavy (non-hydrogen) atoms. The molecule has 0 atom stereocenters. The molecule has 0 unspecified atom stereocenters. The largest absolute Gasteiger partial charge is 0.478 e. The van der Waals surface area contributed by atoms with Crippen LogP contribution in [0.5, 0.6) is 0 Å². The Morgan fingerprint density at radius 1 is 1.25 bits per heavy atom. The summed E-state index contributed by atoms with van der Waals surface area (Å²) >= 11 is 11.9. The second-order valence-corrected chi connectivity index (χ2v) is 4.99. The van der Waals surface area contributed by atoms with Crippen molar-refractivity contribution < 1.29 is 9.90 Å². The number of aromatic nitrogens is 1. The van der Waals surface area contributed by atoms with Gasteiger partial charge in [-0.2, -0.15) is 0 Å². The van der Waals surface area contributed by atoms with Crippen LogP contribution >= 0.6 is 23.2 Å². The Labute approximate surface area is 126 Å². The first kappa shape index (κ1) is 14.6. The van der Waals surface area contributed by atoms with Gasteiger partial charge < -0.3 is 10.4 Å². The van der Waals surface area contributed by atoms with E-state index in [9.17, 15) is 4.79 Å². The molecule has 0 spiro atoms. The minimum atomic E-state index is -0.976. The molecule has 0 fully saturated rings. The lowest BCUT2D eigenvalue weighted by Gasteiger charge is -2.07. The van der Waals surface area contributed by atoms with Crippen molar-refractivity contribution in [3.05, 3.63) is 57.7 Å². The third-order valence-electron chi connectivity index (χ3n) is 2.72. The number of nitrogens with zero attached hydrogens (tertiary/aromatic N) is 1. The molecular weight excluding hydrogens is 299 g/mol. The van der Waals surface area contributed by atoms with E-state index in [0.717, 1.165) is 5.56 Å². The number of hydrogen-bond acceptors (Lipinski definition) is 3. The van der Waals surface area contributed by atoms with Crippen molar-refractivity contribution in [1.82, 2.24) is 4.98 Å². The SMILES string of the molecule is O=C(O)c1ccnc(NCCc2ccc(Cl)cc2Cl)c1. The van der Waals surface area contributed by atoms with E-state index >= 15 is 0 Å². The van der Waals surface area contributed by atoms with E-state index in [1.807, 2.05) is 6.07 Å². The molecule has 0 aliphatic rings. The molecule has 2 rings (SSSR count). The molecule has 1 aromatic carbocycles. The lowest BCUT2D eigenvalue weighted by atomic mass is 10.1. The summed E-state index contributed by atoms with van der Waals surface area (Å²) in [6.07, 6.45) is 2.15. The molecule has 104 valence electrons. The van der Waals surface area contributed by atoms with Gasteiger partial charge in [0.2, 0.25) is 0 Å². The summed E-state index contributed by atoms with van der Waals surface area (Å²) in [7, 11) is 0. The Bertz CT molecular complexity index is 632. The van der Waals surface area contributed by atoms with Gasteiger partial charge in [0.05, 0.1) is 5.56 Å². The third-order valence-corrected chi connectivity index (χ3v) is 3.31. The van der Waals surface area contributed by atoms with Gasteiger partial charge in [-0.25, -0.2) is 9.78 Å². The number of benzene rings is 1. The maximum atomic E-state index is 10.8. The molecule has 4 nitrogen and oxygen atoms in total. The fraction of sp³-hybridized carbons (Fsp3) is 0.143. The van der Waals surface area contributed by atoms with E-state index in [2.05, 4.69) is 10.3 Å². The van der Waals surface area contributed by atoms with Crippen LogP contribution in [0, 0.1) is 0 Å². The van der Waals surface area contributed by atoms with Crippen LogP contribution in [-0.2, 0) is 6.42 Å². The molecule has 0 saturated heterocycles. The summed E-state index contributed by atoms with van der Waals surface area (Å²) in [5, 5.41) is 13.2. The number of carboxylic acids is 1. The Morgan fingerprint density at radius 2 is 2.05 bits per heavy atom. The number of anilines is 1. The predicted octanol–water partition coefficient (Wildman–Crippen LogP) is 3.74. The summed E-state index contributed by atoms with van der Waals surface area (Å²) in [6.45, 7) is 0.595. The van der Waals surface area contributed by atoms with Crippen LogP contribution in [0.3, 0.4) is 0 Å². The van der Waals surface area contributed by atoms with Crippen molar-refractivity contribution >= 4 is 35.0 Å². The summed E-state index contributed by atoms with van der Waals surface area (Å²) in [5.74, 6) is -0.453. The average molecular weight is 311 g/mol. The molecule has 0 radical (unpaired) electrons. The second-order valence-electron chi connectivity index (χ2n) is 4.15. The second kappa shape index (κ2) is 6.59. The van der Waals surface area contributed by atoms with E-state index in [-0.39, 0.29) is 5.56 Å². The standard InChI is InChI=1S/C14H12Cl2N2O2/c15-11-2-1-9(12(16)8-11)3-5-17-13-7-10(14(19)20)4-6-18-13/h1-2,4,6-8H,3,5H2,(H,17,18)(H,19,20). The van der Waals surface area contributed by atoms with E-state index in [1.54, 1.807) is 12.1 Å². The summed E-state index contributed by atoms with van der Waals surface area (Å²) in [5.41, 5.74) is 1.17. The van der Waals surface area contributed by atoms with Gasteiger partial charge in [-0.1, -0.05) is 29.3 Å². The maximum Gasteiger partial charge on any atom is 0.335 e. The summed E-state index contributed by atoms with van der Waals surface area (Å²) in [4.78, 5) is 14.9. The lowest BCUT2D eigenvalue weighted by molar-refractivity contribution is 0.0697. The van der Waals surface area contributed by atoms with Crippen LogP contribution in [0.25, 0.3) is 0 Å². The zero-order valence-electron chi connectivity index (χ0n) is 10.4. The first-order valence-electron chi connectivity index (χ1n) is 5.93. The van der Waals surface area contributed by atoms with Gasteiger partial charge >= 0.3 is 5.97 Å². The third kappa shape index (κ3) is 3.85. The zero-order valence-corrected chi connectivity index (χ0v) is 11.9. The highest BCUT2D eigenvalue weighted by atomic mass is 35.5. The van der Waals surface area contributed by atoms with Crippen LogP contribution in [-0.4, -0.2) is 22.6 Å². The molecule has 0 saturated carbocycles. The Balaban J connectivity index is 1.96. The van der Waals surface area contributed by atoms with Gasteiger partial charge in [-0.3, -0.25) is 0 Å². The monoisotopic (exact) mass is 310 g/mol. The fourth-order valence-corrected chi connectivity index (χ4v) is 2.21. The van der Waals surface area contributed by atoms with E-state index in [1.165, 1.54) is 18.3 Å². The smallest absolute Gasteiger partial charge is 0.335 e. The zero-order chi connectivity index (χ0) is 14.5. The van der Waals surface area contributed by atoms with Crippen molar-refractivity contribution in [3.63, 3.8) is 0 Å². The molecule has 2 aromatic rings. The molecule has 0 amide bonds. The Kier molecular flexibility index (Phi) is 4.82. The number of hydrogen-bond donors (Lipinski definition) is 2. The van der Waals surface area contributed by atoms with Crippen molar-refractivity contribution in [2.45, 2.75) is 6.42 Å². The number of rotatable bonds is 5. The van der Waals surface area contributed by atoms with Gasteiger partial charge in [0.1, 0.15) is 5.82 Å². The number of carbonyl (C=O) groups is 1. The molecule has 1 heterocycles. The van der Waals surface area contributed by atoms with Gasteiger partial charge in [0, 0.05) is 22.8 Å². The molecule has 0 aliphatic heterocycles. The van der Waals surface area contributed by atoms with E-state index in [4.69, 9.17) is 28.3 Å². The van der Waals surface area contributed by atoms with Gasteiger partial charge in [-0.05, 0) is 36.2 Å². The van der Waals surface area contributed by atoms with Crippen LogP contribution in [0.1, 0.15) is 15.9 Å². The Morgan fingerprint density at radius 3 is 2.75 bits per heavy atom. The van der Waals surface area contributed by atoms with E-state index in [0.29, 0.717) is 28.8 Å². The minimum absolute atomic E-state index is 0.201. The number of aromatic carboxylic acids is 1. The molecular formula is C14H12Cl2N2O2. The molecule has 2 N–H and O–H groups in total. The fourth-order valence-electron chi connectivity index (χ4n) is 1.71. The normalized spacial score (nSPS) is 10.3. The van der Waals surface area contributed by atoms with Gasteiger partial charge in [0.25, 0.3) is 0 Å². The average Bonchev–Trinajstić information content (AvgIpc) is 2.41. The minimum Gasteiger partial charge on any atom is -0.478 e. The summed E-state index contributed by atoms with van der Waals surface area (Å²) < 4.78 is 0. The van der Waals surface area contributed by atoms with Crippen LogP contribution < -0.4 is 5.32 Å². The van der Waals surface area contributed by atoms with Gasteiger partial charge in [0.15, 0.2) is 0 Å². The van der Waals surface area contributed by atoms with Crippen molar-refractivity contribution in [2.24, 2.45) is 0 Å². The predicted molar refractivity (Wildman–Crippen MR) is 79.9 cm³/mol. The maximum absolute atomic E-state index is 10.8.